The third-order valence-electron chi connectivity index (χ3n) is 10.3. The molecule has 0 aromatic carbocycles. The SMILES string of the molecule is CC(=O)OC1C2=CCC=CC(=O)OC3CC4OC5C=C(C)CCC5(COC(=O)C5OC51CCO2)C3(C)C41CO1. The second kappa shape index (κ2) is 8.41. The van der Waals surface area contributed by atoms with Crippen molar-refractivity contribution >= 4 is 17.9 Å². The minimum Gasteiger partial charge on any atom is -0.494 e. The van der Waals surface area contributed by atoms with Crippen molar-refractivity contribution < 1.29 is 47.5 Å². The first-order valence-electron chi connectivity index (χ1n) is 13.8. The first kappa shape index (κ1) is 25.3. The summed E-state index contributed by atoms with van der Waals surface area (Å²) in [5.74, 6) is -1.08. The fourth-order valence-corrected chi connectivity index (χ4v) is 8.03. The van der Waals surface area contributed by atoms with Crippen molar-refractivity contribution in [1.82, 2.24) is 0 Å². The molecule has 4 saturated heterocycles. The molecule has 10 heteroatoms. The standard InChI is InChI=1S/C29H34O10/c1-16-8-9-27-14-34-25(32)24-28(39-24)10-11-33-18(23(28)36-17(2)30)6-4-5-7-22(31)38-19-13-21(37-20(27)12-16)29(15-35-29)26(19,27)3/h5-7,12,19-21,23-24H,4,8-11,13-15H2,1-3H3. The predicted molar refractivity (Wildman–Crippen MR) is 132 cm³/mol. The van der Waals surface area contributed by atoms with Crippen molar-refractivity contribution in [1.29, 1.82) is 0 Å². The molecule has 4 bridgehead atoms. The molecule has 7 aliphatic rings. The van der Waals surface area contributed by atoms with Crippen molar-refractivity contribution in [2.45, 2.75) is 94.6 Å². The molecule has 9 atom stereocenters. The fourth-order valence-electron chi connectivity index (χ4n) is 8.03. The zero-order valence-corrected chi connectivity index (χ0v) is 22.4. The van der Waals surface area contributed by atoms with Crippen molar-refractivity contribution in [3.05, 3.63) is 35.6 Å². The Bertz CT molecular complexity index is 1210. The molecule has 0 radical (unpaired) electrons. The summed E-state index contributed by atoms with van der Waals surface area (Å²) in [6, 6.07) is 0. The van der Waals surface area contributed by atoms with Crippen molar-refractivity contribution in [2.75, 3.05) is 19.8 Å². The monoisotopic (exact) mass is 542 g/mol. The predicted octanol–water partition coefficient (Wildman–Crippen LogP) is 2.45. The van der Waals surface area contributed by atoms with Crippen LogP contribution in [0, 0.1) is 10.8 Å². The van der Waals surface area contributed by atoms with Gasteiger partial charge in [-0.2, -0.15) is 0 Å². The van der Waals surface area contributed by atoms with Crippen LogP contribution in [0.3, 0.4) is 0 Å². The number of epoxide rings is 2. The molecule has 0 aromatic heterocycles. The summed E-state index contributed by atoms with van der Waals surface area (Å²) < 4.78 is 42.4. The van der Waals surface area contributed by atoms with Crippen LogP contribution in [0.2, 0.25) is 0 Å². The number of carbonyl (C=O) groups is 3. The Morgan fingerprint density at radius 2 is 1.95 bits per heavy atom. The maximum absolute atomic E-state index is 13.6. The first-order chi connectivity index (χ1) is 18.7. The first-order valence-corrected chi connectivity index (χ1v) is 13.8. The molecule has 1 saturated carbocycles. The zero-order chi connectivity index (χ0) is 27.2. The molecule has 0 aromatic rings. The van der Waals surface area contributed by atoms with E-state index in [-0.39, 0.29) is 18.8 Å². The molecular weight excluding hydrogens is 508 g/mol. The van der Waals surface area contributed by atoms with Gasteiger partial charge >= 0.3 is 17.9 Å². The molecule has 0 amide bonds. The highest BCUT2D eigenvalue weighted by molar-refractivity contribution is 5.82. The van der Waals surface area contributed by atoms with E-state index in [1.807, 2.05) is 0 Å². The molecule has 2 aliphatic carbocycles. The molecule has 5 aliphatic heterocycles. The van der Waals surface area contributed by atoms with E-state index in [1.54, 1.807) is 12.2 Å². The molecule has 0 N–H and O–H groups in total. The number of hydrogen-bond acceptors (Lipinski definition) is 10. The lowest BCUT2D eigenvalue weighted by Gasteiger charge is -2.58. The lowest BCUT2D eigenvalue weighted by Crippen LogP contribution is -2.66. The van der Waals surface area contributed by atoms with E-state index in [0.29, 0.717) is 44.7 Å². The van der Waals surface area contributed by atoms with Crippen molar-refractivity contribution in [3.8, 4) is 0 Å². The number of hydrogen-bond donors (Lipinski definition) is 0. The van der Waals surface area contributed by atoms with Crippen molar-refractivity contribution in [3.63, 3.8) is 0 Å². The van der Waals surface area contributed by atoms with Gasteiger partial charge in [-0.15, -0.1) is 0 Å². The third-order valence-corrected chi connectivity index (χ3v) is 10.3. The Kier molecular flexibility index (Phi) is 5.45. The van der Waals surface area contributed by atoms with Crippen LogP contribution in [0.1, 0.15) is 52.9 Å². The number of carbonyl (C=O) groups excluding carboxylic acids is 3. The second-order valence-corrected chi connectivity index (χ2v) is 12.1. The number of esters is 3. The molecule has 5 fully saturated rings. The minimum atomic E-state index is -1.04. The number of allylic oxidation sites excluding steroid dienone is 3. The van der Waals surface area contributed by atoms with Gasteiger partial charge in [-0.25, -0.2) is 9.59 Å². The molecule has 9 unspecified atom stereocenters. The summed E-state index contributed by atoms with van der Waals surface area (Å²) in [5, 5.41) is 0. The van der Waals surface area contributed by atoms with Gasteiger partial charge in [0.25, 0.3) is 0 Å². The molecule has 3 spiro atoms. The normalized spacial score (nSPS) is 47.9. The second-order valence-electron chi connectivity index (χ2n) is 12.1. The Hall–Kier alpha value is -2.69. The Morgan fingerprint density at radius 3 is 2.72 bits per heavy atom. The summed E-state index contributed by atoms with van der Waals surface area (Å²) in [5.41, 5.74) is -1.73. The van der Waals surface area contributed by atoms with E-state index in [9.17, 15) is 14.4 Å². The van der Waals surface area contributed by atoms with Gasteiger partial charge in [-0.1, -0.05) is 24.6 Å². The Balaban J connectivity index is 1.29. The molecule has 7 rings (SSSR count). The lowest BCUT2D eigenvalue weighted by molar-refractivity contribution is -0.233. The average Bonchev–Trinajstić information content (AvgIpc) is 3.80. The molecule has 210 valence electrons. The number of ether oxygens (including phenoxy) is 7. The van der Waals surface area contributed by atoms with Gasteiger partial charge in [-0.05, 0) is 32.3 Å². The molecule has 5 heterocycles. The van der Waals surface area contributed by atoms with Gasteiger partial charge in [-0.3, -0.25) is 4.79 Å². The van der Waals surface area contributed by atoms with Crippen LogP contribution < -0.4 is 0 Å². The highest BCUT2D eigenvalue weighted by Gasteiger charge is 2.83. The summed E-state index contributed by atoms with van der Waals surface area (Å²) in [6.07, 6.45) is 6.91. The average molecular weight is 543 g/mol. The van der Waals surface area contributed by atoms with Gasteiger partial charge in [0.1, 0.15) is 24.1 Å². The molecular formula is C29H34O10. The largest absolute Gasteiger partial charge is 0.494 e. The topological polar surface area (TPSA) is 122 Å². The van der Waals surface area contributed by atoms with Crippen LogP contribution in [0.25, 0.3) is 0 Å². The zero-order valence-electron chi connectivity index (χ0n) is 22.4. The minimum absolute atomic E-state index is 0.0614. The lowest BCUT2D eigenvalue weighted by atomic mass is 9.51. The highest BCUT2D eigenvalue weighted by Crippen LogP contribution is 2.72. The van der Waals surface area contributed by atoms with E-state index in [0.717, 1.165) is 6.42 Å². The number of cyclic esters (lactones) is 1. The maximum atomic E-state index is 13.6. The summed E-state index contributed by atoms with van der Waals surface area (Å²) in [4.78, 5) is 38.6. The third kappa shape index (κ3) is 3.40. The maximum Gasteiger partial charge on any atom is 0.338 e. The van der Waals surface area contributed by atoms with Crippen LogP contribution in [0.5, 0.6) is 0 Å². The summed E-state index contributed by atoms with van der Waals surface area (Å²) in [6.45, 7) is 6.36. The Labute approximate surface area is 226 Å². The van der Waals surface area contributed by atoms with E-state index >= 15 is 0 Å². The number of fused-ring (bicyclic) bond motifs is 1. The van der Waals surface area contributed by atoms with Crippen molar-refractivity contribution in [2.24, 2.45) is 10.8 Å². The number of rotatable bonds is 1. The quantitative estimate of drug-likeness (QED) is 0.211. The van der Waals surface area contributed by atoms with Gasteiger partial charge in [0.2, 0.25) is 0 Å². The molecule has 10 nitrogen and oxygen atoms in total. The highest BCUT2D eigenvalue weighted by atomic mass is 16.7. The van der Waals surface area contributed by atoms with E-state index in [4.69, 9.17) is 33.2 Å². The van der Waals surface area contributed by atoms with E-state index < -0.39 is 58.3 Å². The van der Waals surface area contributed by atoms with Crippen LogP contribution in [-0.2, 0) is 47.5 Å². The smallest absolute Gasteiger partial charge is 0.338 e. The Morgan fingerprint density at radius 1 is 1.13 bits per heavy atom. The van der Waals surface area contributed by atoms with Crippen LogP contribution in [0.15, 0.2) is 35.6 Å². The van der Waals surface area contributed by atoms with E-state index in [2.05, 4.69) is 19.9 Å². The van der Waals surface area contributed by atoms with Gasteiger partial charge in [0, 0.05) is 31.3 Å². The van der Waals surface area contributed by atoms with Gasteiger partial charge < -0.3 is 33.2 Å². The van der Waals surface area contributed by atoms with Crippen LogP contribution in [-0.4, -0.2) is 79.5 Å². The van der Waals surface area contributed by atoms with Crippen LogP contribution in [0.4, 0.5) is 0 Å². The summed E-state index contributed by atoms with van der Waals surface area (Å²) in [7, 11) is 0. The summed E-state index contributed by atoms with van der Waals surface area (Å²) >= 11 is 0. The van der Waals surface area contributed by atoms with E-state index in [1.165, 1.54) is 18.6 Å². The molecule has 39 heavy (non-hydrogen) atoms. The fraction of sp³-hybridized carbons (Fsp3) is 0.690. The van der Waals surface area contributed by atoms with Gasteiger partial charge in [0.05, 0.1) is 30.8 Å². The van der Waals surface area contributed by atoms with Crippen LogP contribution >= 0.6 is 0 Å². The van der Waals surface area contributed by atoms with Gasteiger partial charge in [0.15, 0.2) is 17.8 Å².